The largest absolute Gasteiger partial charge is 0.492 e. The van der Waals surface area contributed by atoms with E-state index in [1.165, 1.54) is 0 Å². The molecule has 2 amide bonds. The number of benzene rings is 2. The van der Waals surface area contributed by atoms with Crippen molar-refractivity contribution in [2.75, 3.05) is 19.9 Å². The predicted molar refractivity (Wildman–Crippen MR) is 84.7 cm³/mol. The van der Waals surface area contributed by atoms with Crippen molar-refractivity contribution < 1.29 is 19.0 Å². The third-order valence-corrected chi connectivity index (χ3v) is 3.30. The maximum atomic E-state index is 11.7. The summed E-state index contributed by atoms with van der Waals surface area (Å²) in [7, 11) is 0. The third-order valence-electron chi connectivity index (χ3n) is 3.30. The van der Waals surface area contributed by atoms with E-state index >= 15 is 0 Å². The number of carbonyl (C=O) groups excluding carboxylic acids is 1. The summed E-state index contributed by atoms with van der Waals surface area (Å²) in [5.74, 6) is 2.08. The average molecular weight is 314 g/mol. The molecule has 120 valence electrons. The molecule has 0 aliphatic carbocycles. The maximum absolute atomic E-state index is 11.7. The highest BCUT2D eigenvalue weighted by atomic mass is 16.7. The highest BCUT2D eigenvalue weighted by molar-refractivity contribution is 5.73. The van der Waals surface area contributed by atoms with Crippen molar-refractivity contribution in [1.82, 2.24) is 10.6 Å². The molecule has 0 bridgehead atoms. The Morgan fingerprint density at radius 1 is 1.04 bits per heavy atom. The van der Waals surface area contributed by atoms with Crippen molar-refractivity contribution in [2.45, 2.75) is 6.54 Å². The van der Waals surface area contributed by atoms with Crippen LogP contribution in [0.2, 0.25) is 0 Å². The molecule has 0 fully saturated rings. The van der Waals surface area contributed by atoms with Gasteiger partial charge < -0.3 is 24.8 Å². The molecule has 2 aromatic rings. The molecule has 6 heteroatoms. The van der Waals surface area contributed by atoms with E-state index in [4.69, 9.17) is 14.2 Å². The molecule has 0 saturated carbocycles. The van der Waals surface area contributed by atoms with Crippen molar-refractivity contribution in [2.24, 2.45) is 0 Å². The maximum Gasteiger partial charge on any atom is 0.315 e. The number of hydrogen-bond acceptors (Lipinski definition) is 4. The van der Waals surface area contributed by atoms with Gasteiger partial charge >= 0.3 is 6.03 Å². The fourth-order valence-electron chi connectivity index (χ4n) is 2.14. The van der Waals surface area contributed by atoms with Crippen LogP contribution in [-0.2, 0) is 6.54 Å². The SMILES string of the molecule is O=C(NCCOc1ccc2c(c1)OCO2)NCc1ccccc1. The van der Waals surface area contributed by atoms with Crippen LogP contribution in [0, 0.1) is 0 Å². The number of nitrogens with one attached hydrogen (secondary N) is 2. The van der Waals surface area contributed by atoms with Crippen LogP contribution in [0.15, 0.2) is 48.5 Å². The number of urea groups is 1. The second-order valence-corrected chi connectivity index (χ2v) is 4.96. The molecule has 0 aromatic heterocycles. The summed E-state index contributed by atoms with van der Waals surface area (Å²) in [5, 5.41) is 5.53. The molecule has 2 N–H and O–H groups in total. The number of ether oxygens (including phenoxy) is 3. The number of carbonyl (C=O) groups is 1. The fourth-order valence-corrected chi connectivity index (χ4v) is 2.14. The van der Waals surface area contributed by atoms with Crippen LogP contribution in [0.25, 0.3) is 0 Å². The predicted octanol–water partition coefficient (Wildman–Crippen LogP) is 2.29. The van der Waals surface area contributed by atoms with Gasteiger partial charge in [-0.2, -0.15) is 0 Å². The average Bonchev–Trinajstić information content (AvgIpc) is 3.05. The molecule has 1 aliphatic rings. The summed E-state index contributed by atoms with van der Waals surface area (Å²) in [6.07, 6.45) is 0. The normalized spacial score (nSPS) is 11.8. The first kappa shape index (κ1) is 15.0. The third kappa shape index (κ3) is 4.29. The Labute approximate surface area is 134 Å². The molecule has 1 aliphatic heterocycles. The minimum absolute atomic E-state index is 0.219. The first-order valence-electron chi connectivity index (χ1n) is 7.39. The van der Waals surface area contributed by atoms with Gasteiger partial charge in [0.1, 0.15) is 12.4 Å². The molecule has 0 radical (unpaired) electrons. The zero-order valence-corrected chi connectivity index (χ0v) is 12.6. The fraction of sp³-hybridized carbons (Fsp3) is 0.235. The van der Waals surface area contributed by atoms with Gasteiger partial charge in [-0.1, -0.05) is 30.3 Å². The lowest BCUT2D eigenvalue weighted by molar-refractivity contribution is 0.173. The van der Waals surface area contributed by atoms with E-state index in [1.54, 1.807) is 12.1 Å². The van der Waals surface area contributed by atoms with E-state index in [1.807, 2.05) is 36.4 Å². The van der Waals surface area contributed by atoms with Gasteiger partial charge in [0.15, 0.2) is 11.5 Å². The van der Waals surface area contributed by atoms with E-state index in [9.17, 15) is 4.79 Å². The molecule has 3 rings (SSSR count). The van der Waals surface area contributed by atoms with E-state index in [0.717, 1.165) is 11.3 Å². The summed E-state index contributed by atoms with van der Waals surface area (Å²) < 4.78 is 16.1. The van der Waals surface area contributed by atoms with E-state index in [2.05, 4.69) is 10.6 Å². The molecule has 0 spiro atoms. The summed E-state index contributed by atoms with van der Waals surface area (Å²) in [5.41, 5.74) is 1.05. The lowest BCUT2D eigenvalue weighted by Gasteiger charge is -2.09. The van der Waals surface area contributed by atoms with Crippen LogP contribution in [-0.4, -0.2) is 26.0 Å². The topological polar surface area (TPSA) is 68.8 Å². The molecule has 2 aromatic carbocycles. The molecule has 23 heavy (non-hydrogen) atoms. The standard InChI is InChI=1S/C17H18N2O4/c20-17(19-11-13-4-2-1-3-5-13)18-8-9-21-14-6-7-15-16(10-14)23-12-22-15/h1-7,10H,8-9,11-12H2,(H2,18,19,20). The van der Waals surface area contributed by atoms with Gasteiger partial charge in [-0.25, -0.2) is 4.79 Å². The smallest absolute Gasteiger partial charge is 0.315 e. The van der Waals surface area contributed by atoms with Crippen LogP contribution in [0.3, 0.4) is 0 Å². The Bertz CT molecular complexity index is 661. The van der Waals surface area contributed by atoms with Crippen molar-refractivity contribution in [3.63, 3.8) is 0 Å². The van der Waals surface area contributed by atoms with Crippen LogP contribution in [0.5, 0.6) is 17.2 Å². The number of amides is 2. The number of hydrogen-bond donors (Lipinski definition) is 2. The molecular weight excluding hydrogens is 296 g/mol. The first-order valence-corrected chi connectivity index (χ1v) is 7.39. The Morgan fingerprint density at radius 2 is 1.87 bits per heavy atom. The highest BCUT2D eigenvalue weighted by Crippen LogP contribution is 2.34. The van der Waals surface area contributed by atoms with Crippen molar-refractivity contribution in [1.29, 1.82) is 0 Å². The van der Waals surface area contributed by atoms with Crippen molar-refractivity contribution in [3.8, 4) is 17.2 Å². The molecule has 0 unspecified atom stereocenters. The molecule has 0 atom stereocenters. The number of fused-ring (bicyclic) bond motifs is 1. The minimum Gasteiger partial charge on any atom is -0.492 e. The molecule has 6 nitrogen and oxygen atoms in total. The lowest BCUT2D eigenvalue weighted by Crippen LogP contribution is -2.37. The van der Waals surface area contributed by atoms with E-state index in [-0.39, 0.29) is 12.8 Å². The quantitative estimate of drug-likeness (QED) is 0.803. The number of rotatable bonds is 6. The van der Waals surface area contributed by atoms with Crippen LogP contribution in [0.1, 0.15) is 5.56 Å². The van der Waals surface area contributed by atoms with E-state index < -0.39 is 0 Å². The van der Waals surface area contributed by atoms with Crippen molar-refractivity contribution in [3.05, 3.63) is 54.1 Å². The van der Waals surface area contributed by atoms with Gasteiger partial charge in [-0.05, 0) is 17.7 Å². The highest BCUT2D eigenvalue weighted by Gasteiger charge is 2.13. The molecular formula is C17H18N2O4. The second-order valence-electron chi connectivity index (χ2n) is 4.96. The van der Waals surface area contributed by atoms with Crippen LogP contribution < -0.4 is 24.8 Å². The van der Waals surface area contributed by atoms with Gasteiger partial charge in [-0.15, -0.1) is 0 Å². The van der Waals surface area contributed by atoms with Crippen LogP contribution >= 0.6 is 0 Å². The minimum atomic E-state index is -0.219. The summed E-state index contributed by atoms with van der Waals surface area (Å²) >= 11 is 0. The zero-order valence-electron chi connectivity index (χ0n) is 12.6. The Hall–Kier alpha value is -2.89. The Balaban J connectivity index is 1.34. The van der Waals surface area contributed by atoms with Gasteiger partial charge in [0.05, 0.1) is 6.54 Å². The van der Waals surface area contributed by atoms with Gasteiger partial charge in [0, 0.05) is 12.6 Å². The Kier molecular flexibility index (Phi) is 4.83. The lowest BCUT2D eigenvalue weighted by atomic mass is 10.2. The van der Waals surface area contributed by atoms with Gasteiger partial charge in [0.2, 0.25) is 6.79 Å². The van der Waals surface area contributed by atoms with Crippen LogP contribution in [0.4, 0.5) is 4.79 Å². The second kappa shape index (κ2) is 7.40. The summed E-state index contributed by atoms with van der Waals surface area (Å²) in [6.45, 7) is 1.52. The zero-order chi connectivity index (χ0) is 15.9. The summed E-state index contributed by atoms with van der Waals surface area (Å²) in [6, 6.07) is 14.9. The Morgan fingerprint density at radius 3 is 2.74 bits per heavy atom. The molecule has 0 saturated heterocycles. The van der Waals surface area contributed by atoms with E-state index in [0.29, 0.717) is 31.2 Å². The molecule has 1 heterocycles. The summed E-state index contributed by atoms with van der Waals surface area (Å²) in [4.78, 5) is 11.7. The van der Waals surface area contributed by atoms with Gasteiger partial charge in [-0.3, -0.25) is 0 Å². The van der Waals surface area contributed by atoms with Gasteiger partial charge in [0.25, 0.3) is 0 Å². The monoisotopic (exact) mass is 314 g/mol. The van der Waals surface area contributed by atoms with Crippen molar-refractivity contribution >= 4 is 6.03 Å². The first-order chi connectivity index (χ1) is 11.3.